The molecular weight excluding hydrogens is 411 g/mol. The van der Waals surface area contributed by atoms with Gasteiger partial charge in [0, 0.05) is 41.5 Å². The number of carbonyl (C=O) groups is 1. The summed E-state index contributed by atoms with van der Waals surface area (Å²) in [6.07, 6.45) is 4.79. The Kier molecular flexibility index (Phi) is 5.23. The number of aryl methyl sites for hydroxylation is 1. The lowest BCUT2D eigenvalue weighted by Gasteiger charge is -2.26. The summed E-state index contributed by atoms with van der Waals surface area (Å²) < 4.78 is 22.4. The molecule has 0 radical (unpaired) electrons. The molecule has 3 aromatic rings. The van der Waals surface area contributed by atoms with Crippen molar-refractivity contribution < 1.29 is 19.0 Å². The maximum atomic E-state index is 15.1. The van der Waals surface area contributed by atoms with E-state index in [9.17, 15) is 9.90 Å². The van der Waals surface area contributed by atoms with E-state index in [4.69, 9.17) is 9.84 Å². The molecule has 0 spiro atoms. The van der Waals surface area contributed by atoms with Gasteiger partial charge in [-0.2, -0.15) is 0 Å². The highest BCUT2D eigenvalue weighted by molar-refractivity contribution is 5.79. The number of carboxylic acid groups (broad SMARTS) is 1. The topological polar surface area (TPSA) is 80.0 Å². The van der Waals surface area contributed by atoms with Crippen LogP contribution in [-0.4, -0.2) is 45.4 Å². The van der Waals surface area contributed by atoms with Crippen LogP contribution in [0.3, 0.4) is 0 Å². The Labute approximate surface area is 185 Å². The number of aliphatic carboxylic acids is 1. The van der Waals surface area contributed by atoms with Crippen LogP contribution in [0.5, 0.6) is 5.75 Å². The zero-order chi connectivity index (χ0) is 22.4. The third-order valence-electron chi connectivity index (χ3n) is 6.59. The van der Waals surface area contributed by atoms with E-state index < -0.39 is 11.8 Å². The molecule has 2 aliphatic rings. The Morgan fingerprint density at radius 1 is 1.19 bits per heavy atom. The maximum Gasteiger partial charge on any atom is 0.307 e. The van der Waals surface area contributed by atoms with Crippen LogP contribution in [0, 0.1) is 19.7 Å². The molecular formula is C24H27FN4O3. The Morgan fingerprint density at radius 3 is 2.72 bits per heavy atom. The second kappa shape index (κ2) is 8.07. The molecule has 1 aromatic carbocycles. The van der Waals surface area contributed by atoms with E-state index in [0.717, 1.165) is 55.7 Å². The molecule has 2 aromatic heterocycles. The van der Waals surface area contributed by atoms with Crippen LogP contribution in [0.25, 0.3) is 16.9 Å². The third-order valence-corrected chi connectivity index (χ3v) is 6.59. The van der Waals surface area contributed by atoms with Gasteiger partial charge in [0.05, 0.1) is 18.7 Å². The summed E-state index contributed by atoms with van der Waals surface area (Å²) in [5.41, 5.74) is 4.80. The van der Waals surface area contributed by atoms with Gasteiger partial charge in [0.2, 0.25) is 0 Å². The highest BCUT2D eigenvalue weighted by atomic mass is 19.1. The molecule has 8 heteroatoms. The third kappa shape index (κ3) is 3.47. The van der Waals surface area contributed by atoms with Crippen LogP contribution in [0.2, 0.25) is 0 Å². The number of aromatic nitrogens is 3. The fourth-order valence-corrected chi connectivity index (χ4v) is 4.96. The molecule has 5 rings (SSSR count). The van der Waals surface area contributed by atoms with Crippen LogP contribution in [0.15, 0.2) is 12.1 Å². The van der Waals surface area contributed by atoms with Gasteiger partial charge in [0.25, 0.3) is 0 Å². The highest BCUT2D eigenvalue weighted by Crippen LogP contribution is 2.39. The van der Waals surface area contributed by atoms with Gasteiger partial charge in [-0.1, -0.05) is 0 Å². The number of carboxylic acids is 1. The SMILES string of the molecule is Cc1nc2cc(N3CCCCC3)nn2c(-c2cc(F)c3c(c2C)CCCO3)c1CC(=O)O. The average molecular weight is 439 g/mol. The van der Waals surface area contributed by atoms with Crippen LogP contribution >= 0.6 is 0 Å². The largest absolute Gasteiger partial charge is 0.490 e. The van der Waals surface area contributed by atoms with Gasteiger partial charge < -0.3 is 14.7 Å². The average Bonchev–Trinajstić information content (AvgIpc) is 3.21. The molecule has 4 heterocycles. The van der Waals surface area contributed by atoms with Gasteiger partial charge in [-0.3, -0.25) is 4.79 Å². The van der Waals surface area contributed by atoms with Crippen molar-refractivity contribution in [2.24, 2.45) is 0 Å². The standard InChI is InChI=1S/C24H27FN4O3/c1-14-16-7-6-10-32-24(16)19(25)11-17(14)23-18(12-22(30)31)15(2)26-20-13-21(27-29(20)23)28-8-4-3-5-9-28/h11,13H,3-10,12H2,1-2H3,(H,30,31). The molecule has 1 fully saturated rings. The number of anilines is 1. The first-order chi connectivity index (χ1) is 15.4. The van der Waals surface area contributed by atoms with Crippen LogP contribution < -0.4 is 9.64 Å². The van der Waals surface area contributed by atoms with E-state index in [1.54, 1.807) is 4.52 Å². The first-order valence-electron chi connectivity index (χ1n) is 11.2. The van der Waals surface area contributed by atoms with Gasteiger partial charge >= 0.3 is 5.97 Å². The number of ether oxygens (including phenoxy) is 1. The Morgan fingerprint density at radius 2 is 1.97 bits per heavy atom. The fraction of sp³-hybridized carbons (Fsp3) is 0.458. The molecule has 2 aliphatic heterocycles. The van der Waals surface area contributed by atoms with Gasteiger partial charge in [-0.25, -0.2) is 13.9 Å². The van der Waals surface area contributed by atoms with Crippen molar-refractivity contribution >= 4 is 17.4 Å². The molecule has 0 atom stereocenters. The molecule has 32 heavy (non-hydrogen) atoms. The Balaban J connectivity index is 1.77. The number of hydrogen-bond donors (Lipinski definition) is 1. The van der Waals surface area contributed by atoms with Gasteiger partial charge in [0.1, 0.15) is 0 Å². The normalized spacial score (nSPS) is 16.2. The zero-order valence-corrected chi connectivity index (χ0v) is 18.4. The number of halogens is 1. The molecule has 1 N–H and O–H groups in total. The van der Waals surface area contributed by atoms with Crippen molar-refractivity contribution in [1.29, 1.82) is 0 Å². The number of fused-ring (bicyclic) bond motifs is 2. The highest BCUT2D eigenvalue weighted by Gasteiger charge is 2.26. The number of benzene rings is 1. The molecule has 168 valence electrons. The number of hydrogen-bond acceptors (Lipinski definition) is 5. The van der Waals surface area contributed by atoms with Crippen LogP contribution in [-0.2, 0) is 17.6 Å². The maximum absolute atomic E-state index is 15.1. The fourth-order valence-electron chi connectivity index (χ4n) is 4.96. The second-order valence-electron chi connectivity index (χ2n) is 8.71. The van der Waals surface area contributed by atoms with Crippen molar-refractivity contribution in [3.63, 3.8) is 0 Å². The van der Waals surface area contributed by atoms with Gasteiger partial charge in [0.15, 0.2) is 23.0 Å². The number of nitrogens with zero attached hydrogens (tertiary/aromatic N) is 4. The first kappa shape index (κ1) is 20.7. The van der Waals surface area contributed by atoms with Crippen molar-refractivity contribution in [2.45, 2.75) is 52.4 Å². The molecule has 0 bridgehead atoms. The smallest absolute Gasteiger partial charge is 0.307 e. The summed E-state index contributed by atoms with van der Waals surface area (Å²) in [5.74, 6) is -0.246. The minimum Gasteiger partial charge on any atom is -0.490 e. The van der Waals surface area contributed by atoms with Gasteiger partial charge in [-0.05, 0) is 57.6 Å². The lowest BCUT2D eigenvalue weighted by atomic mass is 9.91. The lowest BCUT2D eigenvalue weighted by Crippen LogP contribution is -2.29. The summed E-state index contributed by atoms with van der Waals surface area (Å²) in [4.78, 5) is 18.6. The first-order valence-corrected chi connectivity index (χ1v) is 11.2. The number of piperidine rings is 1. The van der Waals surface area contributed by atoms with E-state index in [2.05, 4.69) is 9.88 Å². The molecule has 0 aliphatic carbocycles. The monoisotopic (exact) mass is 438 g/mol. The van der Waals surface area contributed by atoms with Crippen molar-refractivity contribution in [3.05, 3.63) is 40.3 Å². The van der Waals surface area contributed by atoms with Gasteiger partial charge in [-0.15, -0.1) is 5.10 Å². The summed E-state index contributed by atoms with van der Waals surface area (Å²) in [7, 11) is 0. The minimum absolute atomic E-state index is 0.211. The summed E-state index contributed by atoms with van der Waals surface area (Å²) in [5, 5.41) is 14.4. The molecule has 0 amide bonds. The van der Waals surface area contributed by atoms with E-state index >= 15 is 4.39 Å². The predicted octanol–water partition coefficient (Wildman–Crippen LogP) is 4.09. The van der Waals surface area contributed by atoms with Crippen LogP contribution in [0.4, 0.5) is 10.2 Å². The van der Waals surface area contributed by atoms with E-state index in [-0.39, 0.29) is 6.42 Å². The molecule has 0 saturated carbocycles. The Bertz CT molecular complexity index is 1210. The predicted molar refractivity (Wildman–Crippen MR) is 119 cm³/mol. The van der Waals surface area contributed by atoms with Crippen LogP contribution in [0.1, 0.15) is 48.1 Å². The molecule has 0 unspecified atom stereocenters. The second-order valence-corrected chi connectivity index (χ2v) is 8.71. The summed E-state index contributed by atoms with van der Waals surface area (Å²) >= 11 is 0. The summed E-state index contributed by atoms with van der Waals surface area (Å²) in [6, 6.07) is 3.40. The molecule has 1 saturated heterocycles. The quantitative estimate of drug-likeness (QED) is 0.661. The zero-order valence-electron chi connectivity index (χ0n) is 18.4. The molecule has 7 nitrogen and oxygen atoms in total. The van der Waals surface area contributed by atoms with E-state index in [1.807, 2.05) is 19.9 Å². The van der Waals surface area contributed by atoms with Crippen molar-refractivity contribution in [3.8, 4) is 17.0 Å². The number of rotatable bonds is 4. The van der Waals surface area contributed by atoms with E-state index in [0.29, 0.717) is 40.5 Å². The van der Waals surface area contributed by atoms with Crippen molar-refractivity contribution in [1.82, 2.24) is 14.6 Å². The minimum atomic E-state index is -0.960. The summed E-state index contributed by atoms with van der Waals surface area (Å²) in [6.45, 7) is 6.13. The van der Waals surface area contributed by atoms with E-state index in [1.165, 1.54) is 12.5 Å². The Hall–Kier alpha value is -3.16. The lowest BCUT2D eigenvalue weighted by molar-refractivity contribution is -0.136. The van der Waals surface area contributed by atoms with Crippen molar-refractivity contribution in [2.75, 3.05) is 24.6 Å².